The second kappa shape index (κ2) is 5.07. The van der Waals surface area contributed by atoms with Gasteiger partial charge in [-0.15, -0.1) is 0 Å². The Morgan fingerprint density at radius 1 is 1.33 bits per heavy atom. The fraction of sp³-hybridized carbons (Fsp3) is 0.417. The van der Waals surface area contributed by atoms with Crippen LogP contribution in [0.2, 0.25) is 0 Å². The molecule has 1 aromatic carbocycles. The molecule has 0 aromatic heterocycles. The lowest BCUT2D eigenvalue weighted by Gasteiger charge is -2.23. The molecule has 0 amide bonds. The summed E-state index contributed by atoms with van der Waals surface area (Å²) in [5.74, 6) is 0.572. The molecule has 0 atom stereocenters. The van der Waals surface area contributed by atoms with Crippen LogP contribution in [0, 0.1) is 10.8 Å². The van der Waals surface area contributed by atoms with Crippen molar-refractivity contribution in [1.29, 1.82) is 5.41 Å². The number of hydrogen-bond donors (Lipinski definition) is 2. The maximum atomic E-state index is 11.1. The summed E-state index contributed by atoms with van der Waals surface area (Å²) in [6.07, 6.45) is 0.779. The number of hydrogen-bond acceptors (Lipinski definition) is 4. The van der Waals surface area contributed by atoms with Crippen LogP contribution in [0.3, 0.4) is 0 Å². The van der Waals surface area contributed by atoms with Gasteiger partial charge in [-0.3, -0.25) is 5.41 Å². The smallest absolute Gasteiger partial charge is 0.238 e. The Morgan fingerprint density at radius 3 is 2.22 bits per heavy atom. The average Bonchev–Trinajstić information content (AvgIpc) is 2.28. The summed E-state index contributed by atoms with van der Waals surface area (Å²) in [6, 6.07) is 5.69. The van der Waals surface area contributed by atoms with E-state index in [1.807, 2.05) is 20.8 Å². The molecule has 0 heterocycles. The van der Waals surface area contributed by atoms with Gasteiger partial charge >= 0.3 is 0 Å². The van der Waals surface area contributed by atoms with Crippen molar-refractivity contribution in [2.45, 2.75) is 32.1 Å². The zero-order valence-electron chi connectivity index (χ0n) is 10.7. The van der Waals surface area contributed by atoms with Crippen LogP contribution in [0.5, 0.6) is 5.75 Å². The van der Waals surface area contributed by atoms with E-state index in [0.717, 1.165) is 6.42 Å². The van der Waals surface area contributed by atoms with Crippen LogP contribution < -0.4 is 9.88 Å². The highest BCUT2D eigenvalue weighted by Crippen LogP contribution is 2.24. The van der Waals surface area contributed by atoms with Gasteiger partial charge in [-0.2, -0.15) is 0 Å². The van der Waals surface area contributed by atoms with E-state index in [-0.39, 0.29) is 16.2 Å². The van der Waals surface area contributed by atoms with Crippen LogP contribution in [0.1, 0.15) is 27.2 Å². The molecule has 0 bridgehead atoms. The summed E-state index contributed by atoms with van der Waals surface area (Å²) < 4.78 is 27.5. The summed E-state index contributed by atoms with van der Waals surface area (Å²) in [7, 11) is -3.69. The molecule has 0 aliphatic rings. The monoisotopic (exact) mass is 270 g/mol. The summed E-state index contributed by atoms with van der Waals surface area (Å²) >= 11 is 0. The number of benzene rings is 1. The van der Waals surface area contributed by atoms with E-state index in [4.69, 9.17) is 15.3 Å². The van der Waals surface area contributed by atoms with Gasteiger partial charge in [0, 0.05) is 5.41 Å². The minimum absolute atomic E-state index is 0.0242. The first-order valence-corrected chi connectivity index (χ1v) is 7.11. The minimum atomic E-state index is -3.69. The van der Waals surface area contributed by atoms with Crippen molar-refractivity contribution in [3.63, 3.8) is 0 Å². The SMILES string of the molecule is CCC(C)(C)C(=N)Oc1ccc(S(N)(=O)=O)cc1. The van der Waals surface area contributed by atoms with Gasteiger partial charge in [0.25, 0.3) is 0 Å². The average molecular weight is 270 g/mol. The second-order valence-electron chi connectivity index (χ2n) is 4.69. The first kappa shape index (κ1) is 14.7. The Kier molecular flexibility index (Phi) is 4.13. The van der Waals surface area contributed by atoms with Gasteiger partial charge in [0.15, 0.2) is 5.90 Å². The van der Waals surface area contributed by atoms with E-state index in [2.05, 4.69) is 0 Å². The second-order valence-corrected chi connectivity index (χ2v) is 6.25. The normalized spacial score (nSPS) is 12.2. The summed E-state index contributed by atoms with van der Waals surface area (Å²) in [5, 5.41) is 12.8. The van der Waals surface area contributed by atoms with Crippen molar-refractivity contribution in [2.75, 3.05) is 0 Å². The molecule has 0 spiro atoms. The predicted octanol–water partition coefficient (Wildman–Crippen LogP) is 2.13. The lowest BCUT2D eigenvalue weighted by molar-refractivity contribution is 0.391. The van der Waals surface area contributed by atoms with Crippen LogP contribution in [0.15, 0.2) is 29.2 Å². The van der Waals surface area contributed by atoms with Crippen LogP contribution >= 0.6 is 0 Å². The molecular weight excluding hydrogens is 252 g/mol. The number of primary sulfonamides is 1. The van der Waals surface area contributed by atoms with E-state index in [9.17, 15) is 8.42 Å². The summed E-state index contributed by atoms with van der Waals surface area (Å²) in [5.41, 5.74) is -0.349. The number of nitrogens with two attached hydrogens (primary N) is 1. The van der Waals surface area contributed by atoms with Gasteiger partial charge in [-0.25, -0.2) is 13.6 Å². The van der Waals surface area contributed by atoms with Crippen molar-refractivity contribution in [2.24, 2.45) is 10.6 Å². The summed E-state index contributed by atoms with van der Waals surface area (Å²) in [6.45, 7) is 5.80. The van der Waals surface area contributed by atoms with Gasteiger partial charge in [0.2, 0.25) is 10.0 Å². The van der Waals surface area contributed by atoms with Gasteiger partial charge in [-0.05, 0) is 30.7 Å². The zero-order valence-corrected chi connectivity index (χ0v) is 11.5. The molecule has 1 aromatic rings. The van der Waals surface area contributed by atoms with E-state index in [1.54, 1.807) is 0 Å². The molecule has 0 unspecified atom stereocenters. The van der Waals surface area contributed by atoms with Crippen LogP contribution in [-0.2, 0) is 10.0 Å². The molecule has 3 N–H and O–H groups in total. The van der Waals surface area contributed by atoms with Crippen molar-refractivity contribution >= 4 is 15.9 Å². The maximum absolute atomic E-state index is 11.1. The largest absolute Gasteiger partial charge is 0.443 e. The highest BCUT2D eigenvalue weighted by Gasteiger charge is 2.23. The van der Waals surface area contributed by atoms with E-state index in [1.165, 1.54) is 24.3 Å². The lowest BCUT2D eigenvalue weighted by Crippen LogP contribution is -2.27. The van der Waals surface area contributed by atoms with Crippen molar-refractivity contribution in [3.8, 4) is 5.75 Å². The lowest BCUT2D eigenvalue weighted by atomic mass is 9.90. The van der Waals surface area contributed by atoms with Gasteiger partial charge in [0.05, 0.1) is 4.90 Å². The predicted molar refractivity (Wildman–Crippen MR) is 70.2 cm³/mol. The van der Waals surface area contributed by atoms with E-state index in [0.29, 0.717) is 5.75 Å². The van der Waals surface area contributed by atoms with Crippen LogP contribution in [0.4, 0.5) is 0 Å². The first-order chi connectivity index (χ1) is 8.16. The zero-order chi connectivity index (χ0) is 14.0. The molecule has 0 fully saturated rings. The molecule has 0 aliphatic heterocycles. The number of rotatable bonds is 4. The molecule has 5 nitrogen and oxygen atoms in total. The Hall–Kier alpha value is -1.40. The molecule has 0 saturated heterocycles. The molecule has 0 aliphatic carbocycles. The van der Waals surface area contributed by atoms with E-state index >= 15 is 0 Å². The fourth-order valence-electron chi connectivity index (χ4n) is 1.11. The molecular formula is C12H18N2O3S. The highest BCUT2D eigenvalue weighted by molar-refractivity contribution is 7.89. The summed E-state index contributed by atoms with van der Waals surface area (Å²) in [4.78, 5) is 0.0242. The van der Waals surface area contributed by atoms with Gasteiger partial charge in [0.1, 0.15) is 5.75 Å². The van der Waals surface area contributed by atoms with E-state index < -0.39 is 10.0 Å². The molecule has 100 valence electrons. The highest BCUT2D eigenvalue weighted by atomic mass is 32.2. The Morgan fingerprint density at radius 2 is 1.83 bits per heavy atom. The Labute approximate surface area is 108 Å². The molecule has 6 heteroatoms. The van der Waals surface area contributed by atoms with Crippen LogP contribution in [-0.4, -0.2) is 14.3 Å². The molecule has 1 rings (SSSR count). The third-order valence-electron chi connectivity index (χ3n) is 2.87. The topological polar surface area (TPSA) is 93.2 Å². The standard InChI is InChI=1S/C12H18N2O3S/c1-4-12(2,3)11(13)17-9-5-7-10(8-6-9)18(14,15)16/h5-8,13H,4H2,1-3H3,(H2,14,15,16). The maximum Gasteiger partial charge on any atom is 0.238 e. The van der Waals surface area contributed by atoms with Crippen LogP contribution in [0.25, 0.3) is 0 Å². The quantitative estimate of drug-likeness (QED) is 0.648. The third-order valence-corrected chi connectivity index (χ3v) is 3.80. The van der Waals surface area contributed by atoms with Crippen molar-refractivity contribution in [1.82, 2.24) is 0 Å². The van der Waals surface area contributed by atoms with Crippen molar-refractivity contribution in [3.05, 3.63) is 24.3 Å². The van der Waals surface area contributed by atoms with Crippen molar-refractivity contribution < 1.29 is 13.2 Å². The molecule has 18 heavy (non-hydrogen) atoms. The number of nitrogens with one attached hydrogen (secondary N) is 1. The molecule has 0 saturated carbocycles. The third kappa shape index (κ3) is 3.54. The van der Waals surface area contributed by atoms with Gasteiger partial charge < -0.3 is 4.74 Å². The minimum Gasteiger partial charge on any atom is -0.443 e. The molecule has 0 radical (unpaired) electrons. The number of ether oxygens (including phenoxy) is 1. The number of sulfonamides is 1. The Balaban J connectivity index is 2.86. The fourth-order valence-corrected chi connectivity index (χ4v) is 1.63. The first-order valence-electron chi connectivity index (χ1n) is 5.56. The Bertz CT molecular complexity index is 533. The van der Waals surface area contributed by atoms with Gasteiger partial charge in [-0.1, -0.05) is 20.8 Å².